The standard InChI is InChI=1S/C15H13N3O3/c16-9-12-3-1-2-4-14(12)17-10-15(19)11-5-7-13(8-6-11)18(20)21/h1-8,15,17,19H,10H2. The molecule has 0 amide bonds. The van der Waals surface area contributed by atoms with Gasteiger partial charge < -0.3 is 10.4 Å². The van der Waals surface area contributed by atoms with E-state index in [0.717, 1.165) is 0 Å². The highest BCUT2D eigenvalue weighted by Gasteiger charge is 2.11. The minimum absolute atomic E-state index is 0.0197. The monoisotopic (exact) mass is 283 g/mol. The maximum absolute atomic E-state index is 10.6. The molecule has 0 aliphatic rings. The Labute approximate surface area is 121 Å². The van der Waals surface area contributed by atoms with Crippen molar-refractivity contribution in [2.24, 2.45) is 0 Å². The SMILES string of the molecule is N#Cc1ccccc1NCC(O)c1ccc([N+](=O)[O-])cc1. The van der Waals surface area contributed by atoms with E-state index in [2.05, 4.69) is 11.4 Å². The van der Waals surface area contributed by atoms with Gasteiger partial charge in [-0.1, -0.05) is 12.1 Å². The Hall–Kier alpha value is -2.91. The van der Waals surface area contributed by atoms with E-state index in [1.807, 2.05) is 0 Å². The van der Waals surface area contributed by atoms with Crippen LogP contribution in [0.25, 0.3) is 0 Å². The summed E-state index contributed by atoms with van der Waals surface area (Å²) in [6.07, 6.45) is -0.822. The number of benzene rings is 2. The Bertz CT molecular complexity index is 677. The number of aliphatic hydroxyl groups is 1. The van der Waals surface area contributed by atoms with Crippen molar-refractivity contribution in [1.29, 1.82) is 5.26 Å². The highest BCUT2D eigenvalue weighted by atomic mass is 16.6. The number of nitrogens with zero attached hydrogens (tertiary/aromatic N) is 2. The predicted octanol–water partition coefficient (Wildman–Crippen LogP) is 2.61. The summed E-state index contributed by atoms with van der Waals surface area (Å²) in [6, 6.07) is 14.8. The molecule has 0 bridgehead atoms. The van der Waals surface area contributed by atoms with E-state index in [1.165, 1.54) is 24.3 Å². The minimum atomic E-state index is -0.822. The van der Waals surface area contributed by atoms with Gasteiger partial charge in [-0.3, -0.25) is 10.1 Å². The predicted molar refractivity (Wildman–Crippen MR) is 77.7 cm³/mol. The van der Waals surface area contributed by atoms with Crippen LogP contribution in [0.1, 0.15) is 17.2 Å². The molecule has 0 aliphatic heterocycles. The van der Waals surface area contributed by atoms with Gasteiger partial charge >= 0.3 is 0 Å². The van der Waals surface area contributed by atoms with Crippen molar-refractivity contribution in [2.75, 3.05) is 11.9 Å². The van der Waals surface area contributed by atoms with E-state index in [0.29, 0.717) is 16.8 Å². The second-order valence-corrected chi connectivity index (χ2v) is 4.40. The van der Waals surface area contributed by atoms with Crippen molar-refractivity contribution in [3.8, 4) is 6.07 Å². The first kappa shape index (κ1) is 14.5. The van der Waals surface area contributed by atoms with Gasteiger partial charge in [0.05, 0.1) is 22.3 Å². The van der Waals surface area contributed by atoms with Gasteiger partial charge in [-0.2, -0.15) is 5.26 Å². The number of hydrogen-bond donors (Lipinski definition) is 2. The third kappa shape index (κ3) is 3.55. The molecule has 0 spiro atoms. The summed E-state index contributed by atoms with van der Waals surface area (Å²) in [5, 5.41) is 32.6. The minimum Gasteiger partial charge on any atom is -0.387 e. The van der Waals surface area contributed by atoms with Gasteiger partial charge in [0.2, 0.25) is 0 Å². The van der Waals surface area contributed by atoms with Crippen LogP contribution >= 0.6 is 0 Å². The average molecular weight is 283 g/mol. The van der Waals surface area contributed by atoms with Gasteiger partial charge in [0.15, 0.2) is 0 Å². The third-order valence-corrected chi connectivity index (χ3v) is 3.02. The van der Waals surface area contributed by atoms with Gasteiger partial charge in [-0.05, 0) is 29.8 Å². The first-order chi connectivity index (χ1) is 10.1. The Morgan fingerprint density at radius 1 is 1.24 bits per heavy atom. The van der Waals surface area contributed by atoms with E-state index in [-0.39, 0.29) is 12.2 Å². The van der Waals surface area contributed by atoms with Crippen molar-refractivity contribution in [3.05, 3.63) is 69.8 Å². The highest BCUT2D eigenvalue weighted by Crippen LogP contribution is 2.19. The van der Waals surface area contributed by atoms with Crippen LogP contribution in [0.2, 0.25) is 0 Å². The molecule has 2 aromatic carbocycles. The molecule has 0 saturated heterocycles. The zero-order valence-corrected chi connectivity index (χ0v) is 11.1. The maximum atomic E-state index is 10.6. The van der Waals surface area contributed by atoms with E-state index < -0.39 is 11.0 Å². The molecular formula is C15H13N3O3. The van der Waals surface area contributed by atoms with Crippen LogP contribution in [-0.4, -0.2) is 16.6 Å². The Balaban J connectivity index is 2.03. The number of nitro groups is 1. The summed E-state index contributed by atoms with van der Waals surface area (Å²) >= 11 is 0. The van der Waals surface area contributed by atoms with Crippen molar-refractivity contribution in [1.82, 2.24) is 0 Å². The number of rotatable bonds is 5. The number of hydrogen-bond acceptors (Lipinski definition) is 5. The molecule has 1 unspecified atom stereocenters. The van der Waals surface area contributed by atoms with Crippen LogP contribution in [0.4, 0.5) is 11.4 Å². The second-order valence-electron chi connectivity index (χ2n) is 4.40. The third-order valence-electron chi connectivity index (χ3n) is 3.02. The number of anilines is 1. The van der Waals surface area contributed by atoms with E-state index in [9.17, 15) is 15.2 Å². The fraction of sp³-hybridized carbons (Fsp3) is 0.133. The Morgan fingerprint density at radius 2 is 1.90 bits per heavy atom. The lowest BCUT2D eigenvalue weighted by atomic mass is 10.1. The van der Waals surface area contributed by atoms with Crippen LogP contribution in [0, 0.1) is 21.4 Å². The molecule has 0 aromatic heterocycles. The summed E-state index contributed by atoms with van der Waals surface area (Å²) in [6.45, 7) is 0.205. The number of nitriles is 1. The Kier molecular flexibility index (Phi) is 4.49. The van der Waals surface area contributed by atoms with E-state index in [4.69, 9.17) is 5.26 Å². The molecular weight excluding hydrogens is 270 g/mol. The summed E-state index contributed by atoms with van der Waals surface area (Å²) in [5.74, 6) is 0. The van der Waals surface area contributed by atoms with Crippen molar-refractivity contribution in [3.63, 3.8) is 0 Å². The number of nitro benzene ring substituents is 1. The van der Waals surface area contributed by atoms with Gasteiger partial charge in [-0.25, -0.2) is 0 Å². The van der Waals surface area contributed by atoms with Crippen LogP contribution < -0.4 is 5.32 Å². The molecule has 0 saturated carbocycles. The molecule has 0 heterocycles. The first-order valence-corrected chi connectivity index (χ1v) is 6.27. The molecule has 0 aliphatic carbocycles. The number of aliphatic hydroxyl groups excluding tert-OH is 1. The quantitative estimate of drug-likeness (QED) is 0.649. The van der Waals surface area contributed by atoms with E-state index >= 15 is 0 Å². The lowest BCUT2D eigenvalue weighted by Gasteiger charge is -2.13. The fourth-order valence-corrected chi connectivity index (χ4v) is 1.88. The number of nitrogens with one attached hydrogen (secondary N) is 1. The first-order valence-electron chi connectivity index (χ1n) is 6.27. The van der Waals surface area contributed by atoms with Gasteiger partial charge in [0.25, 0.3) is 5.69 Å². The lowest BCUT2D eigenvalue weighted by molar-refractivity contribution is -0.384. The van der Waals surface area contributed by atoms with Crippen molar-refractivity contribution in [2.45, 2.75) is 6.10 Å². The lowest BCUT2D eigenvalue weighted by Crippen LogP contribution is -2.12. The maximum Gasteiger partial charge on any atom is 0.269 e. The number of non-ortho nitro benzene ring substituents is 1. The van der Waals surface area contributed by atoms with E-state index in [1.54, 1.807) is 24.3 Å². The van der Waals surface area contributed by atoms with Crippen LogP contribution in [0.3, 0.4) is 0 Å². The van der Waals surface area contributed by atoms with Crippen molar-refractivity contribution >= 4 is 11.4 Å². The summed E-state index contributed by atoms with van der Waals surface area (Å²) in [5.41, 5.74) is 1.69. The molecule has 106 valence electrons. The largest absolute Gasteiger partial charge is 0.387 e. The van der Waals surface area contributed by atoms with Gasteiger partial charge in [0, 0.05) is 18.7 Å². The average Bonchev–Trinajstić information content (AvgIpc) is 2.52. The van der Waals surface area contributed by atoms with Crippen LogP contribution in [0.5, 0.6) is 0 Å². The topological polar surface area (TPSA) is 99.2 Å². The molecule has 6 heteroatoms. The second kappa shape index (κ2) is 6.50. The fourth-order valence-electron chi connectivity index (χ4n) is 1.88. The molecule has 2 rings (SSSR count). The van der Waals surface area contributed by atoms with Crippen molar-refractivity contribution < 1.29 is 10.0 Å². The highest BCUT2D eigenvalue weighted by molar-refractivity contribution is 5.57. The smallest absolute Gasteiger partial charge is 0.269 e. The molecule has 2 N–H and O–H groups in total. The molecule has 21 heavy (non-hydrogen) atoms. The van der Waals surface area contributed by atoms with Gasteiger partial charge in [0.1, 0.15) is 6.07 Å². The van der Waals surface area contributed by atoms with Gasteiger partial charge in [-0.15, -0.1) is 0 Å². The molecule has 6 nitrogen and oxygen atoms in total. The zero-order valence-electron chi connectivity index (χ0n) is 11.1. The number of para-hydroxylation sites is 1. The summed E-state index contributed by atoms with van der Waals surface area (Å²) in [4.78, 5) is 10.1. The molecule has 0 fully saturated rings. The Morgan fingerprint density at radius 3 is 2.52 bits per heavy atom. The molecule has 0 radical (unpaired) electrons. The summed E-state index contributed by atoms with van der Waals surface area (Å²) in [7, 11) is 0. The zero-order chi connectivity index (χ0) is 15.2. The molecule has 2 aromatic rings. The normalized spacial score (nSPS) is 11.4. The van der Waals surface area contributed by atoms with Crippen LogP contribution in [-0.2, 0) is 0 Å². The molecule has 1 atom stereocenters. The summed E-state index contributed by atoms with van der Waals surface area (Å²) < 4.78 is 0. The van der Waals surface area contributed by atoms with Crippen LogP contribution in [0.15, 0.2) is 48.5 Å².